The van der Waals surface area contributed by atoms with Gasteiger partial charge >= 0.3 is 11.7 Å². The summed E-state index contributed by atoms with van der Waals surface area (Å²) in [5, 5.41) is 9.60. The smallest absolute Gasteiger partial charge is 0.331 e. The van der Waals surface area contributed by atoms with Crippen LogP contribution in [0.2, 0.25) is 5.02 Å². The monoisotopic (exact) mass is 450 g/mol. The van der Waals surface area contributed by atoms with E-state index in [0.717, 1.165) is 0 Å². The number of hydrogen-bond donors (Lipinski definition) is 1. The van der Waals surface area contributed by atoms with Crippen LogP contribution in [0.3, 0.4) is 0 Å². The second-order valence-electron chi connectivity index (χ2n) is 7.07. The normalized spacial score (nSPS) is 16.2. The number of imidazole rings is 1. The van der Waals surface area contributed by atoms with Crippen molar-refractivity contribution in [2.24, 2.45) is 0 Å². The maximum Gasteiger partial charge on any atom is 0.331 e. The molecule has 0 saturated carbocycles. The predicted octanol–water partition coefficient (Wildman–Crippen LogP) is 1.96. The SMILES string of the molecule is O=C(O)Cn1c(=O)n(C2CCN(S(=O)(=O)c3ccc(Cl)cc3)CC2)c2ncccc21. The number of hydrogen-bond acceptors (Lipinski definition) is 5. The van der Waals surface area contributed by atoms with Gasteiger partial charge in [0.15, 0.2) is 5.65 Å². The summed E-state index contributed by atoms with van der Waals surface area (Å²) in [5.41, 5.74) is 0.397. The van der Waals surface area contributed by atoms with Crippen LogP contribution in [-0.4, -0.2) is 51.0 Å². The summed E-state index contributed by atoms with van der Waals surface area (Å²) in [4.78, 5) is 28.6. The molecule has 0 aliphatic carbocycles. The van der Waals surface area contributed by atoms with Crippen molar-refractivity contribution in [2.75, 3.05) is 13.1 Å². The first-order valence-corrected chi connectivity index (χ1v) is 11.1. The largest absolute Gasteiger partial charge is 0.480 e. The van der Waals surface area contributed by atoms with Gasteiger partial charge in [-0.25, -0.2) is 18.2 Å². The Bertz CT molecular complexity index is 1260. The highest BCUT2D eigenvalue weighted by molar-refractivity contribution is 7.89. The first-order valence-electron chi connectivity index (χ1n) is 9.32. The molecule has 2 aromatic heterocycles. The molecular formula is C19H19ClN4O5S. The van der Waals surface area contributed by atoms with E-state index >= 15 is 0 Å². The number of sulfonamides is 1. The highest BCUT2D eigenvalue weighted by Crippen LogP contribution is 2.28. The van der Waals surface area contributed by atoms with Gasteiger partial charge in [-0.15, -0.1) is 0 Å². The molecule has 0 spiro atoms. The molecule has 3 aromatic rings. The van der Waals surface area contributed by atoms with Gasteiger partial charge in [0.25, 0.3) is 0 Å². The molecule has 30 heavy (non-hydrogen) atoms. The number of halogens is 1. The zero-order chi connectivity index (χ0) is 21.5. The van der Waals surface area contributed by atoms with Crippen molar-refractivity contribution in [1.29, 1.82) is 0 Å². The lowest BCUT2D eigenvalue weighted by Gasteiger charge is -2.31. The van der Waals surface area contributed by atoms with Crippen molar-refractivity contribution >= 4 is 38.8 Å². The molecule has 3 heterocycles. The number of pyridine rings is 1. The third kappa shape index (κ3) is 3.62. The molecule has 1 saturated heterocycles. The summed E-state index contributed by atoms with van der Waals surface area (Å²) in [5.74, 6) is -1.12. The van der Waals surface area contributed by atoms with Gasteiger partial charge in [0.1, 0.15) is 6.54 Å². The first kappa shape index (κ1) is 20.6. The van der Waals surface area contributed by atoms with E-state index in [9.17, 15) is 18.0 Å². The molecule has 1 aromatic carbocycles. The Balaban J connectivity index is 1.61. The molecule has 0 unspecified atom stereocenters. The minimum atomic E-state index is -3.66. The third-order valence-electron chi connectivity index (χ3n) is 5.26. The van der Waals surface area contributed by atoms with Crippen LogP contribution in [0.25, 0.3) is 11.2 Å². The van der Waals surface area contributed by atoms with Gasteiger partial charge < -0.3 is 5.11 Å². The molecule has 1 fully saturated rings. The van der Waals surface area contributed by atoms with Crippen LogP contribution in [0, 0.1) is 0 Å². The highest BCUT2D eigenvalue weighted by atomic mass is 35.5. The van der Waals surface area contributed by atoms with Crippen molar-refractivity contribution in [2.45, 2.75) is 30.3 Å². The molecule has 0 bridgehead atoms. The lowest BCUT2D eigenvalue weighted by atomic mass is 10.1. The van der Waals surface area contributed by atoms with Crippen molar-refractivity contribution in [1.82, 2.24) is 18.4 Å². The van der Waals surface area contributed by atoms with E-state index in [1.807, 2.05) is 0 Å². The zero-order valence-electron chi connectivity index (χ0n) is 15.8. The second-order valence-corrected chi connectivity index (χ2v) is 9.44. The fourth-order valence-electron chi connectivity index (χ4n) is 3.82. The van der Waals surface area contributed by atoms with Gasteiger partial charge in [0.2, 0.25) is 10.0 Å². The number of carboxylic acid groups (broad SMARTS) is 1. The van der Waals surface area contributed by atoms with Crippen LogP contribution < -0.4 is 5.69 Å². The fourth-order valence-corrected chi connectivity index (χ4v) is 5.42. The Labute approximate surface area is 177 Å². The number of nitrogens with zero attached hydrogens (tertiary/aromatic N) is 4. The second kappa shape index (κ2) is 7.86. The van der Waals surface area contributed by atoms with Crippen LogP contribution in [-0.2, 0) is 21.4 Å². The first-order chi connectivity index (χ1) is 14.3. The summed E-state index contributed by atoms with van der Waals surface area (Å²) in [6.45, 7) is 0.0127. The maximum absolute atomic E-state index is 12.9. The maximum atomic E-state index is 12.9. The molecule has 0 atom stereocenters. The average molecular weight is 451 g/mol. The fraction of sp³-hybridized carbons (Fsp3) is 0.316. The molecule has 158 valence electrons. The lowest BCUT2D eigenvalue weighted by Crippen LogP contribution is -2.41. The van der Waals surface area contributed by atoms with E-state index in [1.165, 1.54) is 37.7 Å². The average Bonchev–Trinajstić information content (AvgIpc) is 3.00. The molecule has 4 rings (SSSR count). The molecule has 0 radical (unpaired) electrons. The van der Waals surface area contributed by atoms with Crippen LogP contribution in [0.1, 0.15) is 18.9 Å². The standard InChI is InChI=1S/C19H19ClN4O5S/c20-13-3-5-15(6-4-13)30(28,29)22-10-7-14(8-11-22)24-18-16(2-1-9-21-18)23(19(24)27)12-17(25)26/h1-6,9,14H,7-8,10-12H2,(H,25,26). The Kier molecular flexibility index (Phi) is 5.39. The minimum absolute atomic E-state index is 0.169. The molecule has 11 heteroatoms. The number of piperidine rings is 1. The van der Waals surface area contributed by atoms with E-state index < -0.39 is 28.2 Å². The summed E-state index contributed by atoms with van der Waals surface area (Å²) in [6.07, 6.45) is 2.37. The lowest BCUT2D eigenvalue weighted by molar-refractivity contribution is -0.137. The Morgan fingerprint density at radius 1 is 1.17 bits per heavy atom. The van der Waals surface area contributed by atoms with Gasteiger partial charge in [-0.2, -0.15) is 4.31 Å². The summed E-state index contributed by atoms with van der Waals surface area (Å²) in [7, 11) is -3.66. The predicted molar refractivity (Wildman–Crippen MR) is 110 cm³/mol. The van der Waals surface area contributed by atoms with E-state index in [4.69, 9.17) is 16.7 Å². The topological polar surface area (TPSA) is 114 Å². The van der Waals surface area contributed by atoms with Crippen molar-refractivity contribution in [3.63, 3.8) is 0 Å². The van der Waals surface area contributed by atoms with E-state index in [-0.39, 0.29) is 24.0 Å². The van der Waals surface area contributed by atoms with Gasteiger partial charge in [-0.3, -0.25) is 13.9 Å². The number of carboxylic acids is 1. The molecule has 9 nitrogen and oxygen atoms in total. The zero-order valence-corrected chi connectivity index (χ0v) is 17.4. The Morgan fingerprint density at radius 2 is 1.83 bits per heavy atom. The number of aromatic nitrogens is 3. The van der Waals surface area contributed by atoms with Gasteiger partial charge in [-0.1, -0.05) is 11.6 Å². The van der Waals surface area contributed by atoms with Crippen molar-refractivity contribution in [3.8, 4) is 0 Å². The minimum Gasteiger partial charge on any atom is -0.480 e. The highest BCUT2D eigenvalue weighted by Gasteiger charge is 2.32. The molecular weight excluding hydrogens is 432 g/mol. The van der Waals surface area contributed by atoms with Gasteiger partial charge in [0.05, 0.1) is 10.4 Å². The number of carbonyl (C=O) groups is 1. The van der Waals surface area contributed by atoms with Gasteiger partial charge in [0, 0.05) is 30.4 Å². The molecule has 1 N–H and O–H groups in total. The van der Waals surface area contributed by atoms with E-state index in [2.05, 4.69) is 4.98 Å². The summed E-state index contributed by atoms with van der Waals surface area (Å²) >= 11 is 5.85. The molecule has 1 aliphatic heterocycles. The number of fused-ring (bicyclic) bond motifs is 1. The van der Waals surface area contributed by atoms with Crippen LogP contribution >= 0.6 is 11.6 Å². The summed E-state index contributed by atoms with van der Waals surface area (Å²) < 4.78 is 29.8. The summed E-state index contributed by atoms with van der Waals surface area (Å²) in [6, 6.07) is 9.03. The third-order valence-corrected chi connectivity index (χ3v) is 7.42. The van der Waals surface area contributed by atoms with Crippen LogP contribution in [0.5, 0.6) is 0 Å². The molecule has 1 aliphatic rings. The Hall–Kier alpha value is -2.69. The Morgan fingerprint density at radius 3 is 2.47 bits per heavy atom. The van der Waals surface area contributed by atoms with Crippen molar-refractivity contribution < 1.29 is 18.3 Å². The van der Waals surface area contributed by atoms with Gasteiger partial charge in [-0.05, 0) is 49.2 Å². The van der Waals surface area contributed by atoms with Crippen molar-refractivity contribution in [3.05, 3.63) is 58.1 Å². The number of benzene rings is 1. The van der Waals surface area contributed by atoms with Crippen LogP contribution in [0.4, 0.5) is 0 Å². The number of rotatable bonds is 5. The van der Waals surface area contributed by atoms with Crippen LogP contribution in [0.15, 0.2) is 52.3 Å². The molecule has 0 amide bonds. The van der Waals surface area contributed by atoms with E-state index in [1.54, 1.807) is 18.3 Å². The number of aliphatic carboxylic acids is 1. The van der Waals surface area contributed by atoms with E-state index in [0.29, 0.717) is 29.0 Å². The quantitative estimate of drug-likeness (QED) is 0.635.